The molecule has 4 aromatic rings. The van der Waals surface area contributed by atoms with Gasteiger partial charge in [-0.15, -0.1) is 11.8 Å². The van der Waals surface area contributed by atoms with Crippen molar-refractivity contribution >= 4 is 52.9 Å². The van der Waals surface area contributed by atoms with Gasteiger partial charge in [-0.3, -0.25) is 14.4 Å². The minimum absolute atomic E-state index is 0.0160. The van der Waals surface area contributed by atoms with Crippen LogP contribution in [-0.4, -0.2) is 61.0 Å². The Labute approximate surface area is 274 Å². The fourth-order valence-corrected chi connectivity index (χ4v) is 4.96. The number of phenols is 1. The van der Waals surface area contributed by atoms with Crippen LogP contribution in [0.5, 0.6) is 23.0 Å². The summed E-state index contributed by atoms with van der Waals surface area (Å²) in [6.07, 6.45) is 1.48. The number of anilines is 2. The van der Waals surface area contributed by atoms with Gasteiger partial charge in [0.15, 0.2) is 11.5 Å². The maximum Gasteiger partial charge on any atom is 0.339 e. The van der Waals surface area contributed by atoms with E-state index in [0.29, 0.717) is 34.1 Å². The van der Waals surface area contributed by atoms with E-state index in [2.05, 4.69) is 16.0 Å². The van der Waals surface area contributed by atoms with Gasteiger partial charge in [0.25, 0.3) is 11.8 Å². The molecule has 4 aromatic carbocycles. The zero-order valence-electron chi connectivity index (χ0n) is 25.5. The number of thioether (sulfide) groups is 1. The minimum atomic E-state index is -1.32. The second kappa shape index (κ2) is 15.9. The summed E-state index contributed by atoms with van der Waals surface area (Å²) >= 11 is 1.22. The first-order valence-corrected chi connectivity index (χ1v) is 14.9. The van der Waals surface area contributed by atoms with E-state index in [9.17, 15) is 24.3 Å². The van der Waals surface area contributed by atoms with Gasteiger partial charge in [-0.2, -0.15) is 0 Å². The summed E-state index contributed by atoms with van der Waals surface area (Å²) in [6.45, 7) is 0. The van der Waals surface area contributed by atoms with Crippen molar-refractivity contribution in [2.24, 2.45) is 0 Å². The zero-order valence-corrected chi connectivity index (χ0v) is 26.3. The van der Waals surface area contributed by atoms with E-state index < -0.39 is 23.5 Å². The van der Waals surface area contributed by atoms with Crippen LogP contribution in [0, 0.1) is 0 Å². The van der Waals surface area contributed by atoms with Crippen LogP contribution < -0.4 is 30.2 Å². The number of carbonyl (C=O) groups excluding carboxylic acids is 3. The lowest BCUT2D eigenvalue weighted by Crippen LogP contribution is -2.30. The average Bonchev–Trinajstić information content (AvgIpc) is 3.08. The summed E-state index contributed by atoms with van der Waals surface area (Å²) in [4.78, 5) is 50.9. The summed E-state index contributed by atoms with van der Waals surface area (Å²) in [5.74, 6) is -2.08. The maximum absolute atomic E-state index is 13.5. The van der Waals surface area contributed by atoms with Crippen molar-refractivity contribution in [2.75, 3.05) is 37.7 Å². The van der Waals surface area contributed by atoms with Crippen molar-refractivity contribution in [2.45, 2.75) is 4.90 Å². The lowest BCUT2D eigenvalue weighted by Gasteiger charge is -2.15. The van der Waals surface area contributed by atoms with E-state index >= 15 is 0 Å². The van der Waals surface area contributed by atoms with Gasteiger partial charge in [-0.05, 0) is 78.4 Å². The third-order valence-electron chi connectivity index (χ3n) is 6.52. The number of carbonyl (C=O) groups is 4. The smallest absolute Gasteiger partial charge is 0.339 e. The molecule has 242 valence electrons. The second-order valence-electron chi connectivity index (χ2n) is 9.69. The number of hydrogen-bond donors (Lipinski definition) is 5. The van der Waals surface area contributed by atoms with Crippen LogP contribution in [0.2, 0.25) is 0 Å². The van der Waals surface area contributed by atoms with E-state index in [4.69, 9.17) is 19.3 Å². The van der Waals surface area contributed by atoms with Crippen molar-refractivity contribution in [1.82, 2.24) is 5.32 Å². The van der Waals surface area contributed by atoms with Gasteiger partial charge in [0, 0.05) is 21.8 Å². The first kappa shape index (κ1) is 33.9. The predicted octanol–water partition coefficient (Wildman–Crippen LogP) is 5.26. The quantitative estimate of drug-likeness (QED) is 0.0726. The fraction of sp³-hybridized carbons (Fsp3) is 0.118. The molecule has 0 aromatic heterocycles. The molecule has 0 atom stereocenters. The fourth-order valence-electron chi connectivity index (χ4n) is 4.26. The van der Waals surface area contributed by atoms with Gasteiger partial charge < -0.3 is 40.4 Å². The first-order valence-electron chi connectivity index (χ1n) is 13.9. The molecule has 0 aliphatic rings. The highest BCUT2D eigenvalue weighted by atomic mass is 32.2. The molecule has 0 radical (unpaired) electrons. The van der Waals surface area contributed by atoms with E-state index in [-0.39, 0.29) is 28.6 Å². The van der Waals surface area contributed by atoms with Crippen molar-refractivity contribution in [1.29, 1.82) is 0 Å². The molecule has 0 aliphatic carbocycles. The van der Waals surface area contributed by atoms with Crippen molar-refractivity contribution in [3.8, 4) is 23.0 Å². The number of hydrogen-bond acceptors (Lipinski definition) is 9. The number of benzene rings is 4. The highest BCUT2D eigenvalue weighted by Crippen LogP contribution is 2.38. The van der Waals surface area contributed by atoms with Crippen LogP contribution in [0.1, 0.15) is 26.3 Å². The maximum atomic E-state index is 13.5. The third kappa shape index (κ3) is 9.05. The van der Waals surface area contributed by atoms with Gasteiger partial charge in [0.05, 0.1) is 27.1 Å². The highest BCUT2D eigenvalue weighted by Gasteiger charge is 2.18. The van der Waals surface area contributed by atoms with E-state index in [1.807, 2.05) is 0 Å². The van der Waals surface area contributed by atoms with E-state index in [1.54, 1.807) is 66.7 Å². The van der Waals surface area contributed by atoms with Crippen LogP contribution >= 0.6 is 11.8 Å². The number of aromatic carboxylic acids is 1. The Morgan fingerprint density at radius 2 is 1.43 bits per heavy atom. The van der Waals surface area contributed by atoms with Crippen molar-refractivity contribution in [3.05, 3.63) is 107 Å². The lowest BCUT2D eigenvalue weighted by atomic mass is 10.1. The Morgan fingerprint density at radius 1 is 0.787 bits per heavy atom. The summed E-state index contributed by atoms with van der Waals surface area (Å²) in [5.41, 5.74) is 1.14. The van der Waals surface area contributed by atoms with Crippen molar-refractivity contribution < 1.29 is 43.6 Å². The molecular weight excluding hydrogens is 626 g/mol. The van der Waals surface area contributed by atoms with Crippen LogP contribution in [0.3, 0.4) is 0 Å². The Morgan fingerprint density at radius 3 is 2.02 bits per heavy atom. The van der Waals surface area contributed by atoms with Gasteiger partial charge in [0.1, 0.15) is 17.0 Å². The number of carboxylic acid groups (broad SMARTS) is 1. The summed E-state index contributed by atoms with van der Waals surface area (Å²) in [6, 6.07) is 22.2. The Balaban J connectivity index is 1.48. The number of rotatable bonds is 13. The standard InChI is InChI=1S/C34H31N3O9S/c1-44-28-16-20(17-29(45-2)31(28)46-3)15-26(37-32(40)21-7-5-4-6-8-21)33(41)36-22-9-12-24(13-10-22)47-19-30(39)35-23-11-14-27(38)25(18-23)34(42)43/h4-18,38H,19H2,1-3H3,(H,35,39)(H,36,41)(H,37,40)(H,42,43)/b26-15-. The molecule has 0 saturated heterocycles. The lowest BCUT2D eigenvalue weighted by molar-refractivity contribution is -0.114. The van der Waals surface area contributed by atoms with Crippen molar-refractivity contribution in [3.63, 3.8) is 0 Å². The molecule has 0 spiro atoms. The van der Waals surface area contributed by atoms with Gasteiger partial charge in [-0.1, -0.05) is 18.2 Å². The SMILES string of the molecule is COc1cc(/C=C(\NC(=O)c2ccccc2)C(=O)Nc2ccc(SCC(=O)Nc3ccc(O)c(C(=O)O)c3)cc2)cc(OC)c1OC. The monoisotopic (exact) mass is 657 g/mol. The number of methoxy groups -OCH3 is 3. The Kier molecular flexibility index (Phi) is 11.5. The summed E-state index contributed by atoms with van der Waals surface area (Å²) in [7, 11) is 4.41. The first-order chi connectivity index (χ1) is 22.6. The molecular formula is C34H31N3O9S. The Bertz CT molecular complexity index is 1780. The molecule has 5 N–H and O–H groups in total. The van der Waals surface area contributed by atoms with Crippen LogP contribution in [-0.2, 0) is 9.59 Å². The zero-order chi connectivity index (χ0) is 33.9. The number of ether oxygens (including phenoxy) is 3. The van der Waals surface area contributed by atoms with E-state index in [0.717, 1.165) is 4.90 Å². The molecule has 13 heteroatoms. The molecule has 3 amide bonds. The molecule has 0 aliphatic heterocycles. The number of aromatic hydroxyl groups is 1. The number of carboxylic acids is 1. The van der Waals surface area contributed by atoms with Crippen LogP contribution in [0.15, 0.2) is 95.5 Å². The average molecular weight is 658 g/mol. The summed E-state index contributed by atoms with van der Waals surface area (Å²) in [5, 5.41) is 26.9. The van der Waals surface area contributed by atoms with Crippen LogP contribution in [0.4, 0.5) is 11.4 Å². The molecule has 47 heavy (non-hydrogen) atoms. The molecule has 0 heterocycles. The van der Waals surface area contributed by atoms with Gasteiger partial charge in [0.2, 0.25) is 11.7 Å². The molecule has 0 unspecified atom stereocenters. The topological polar surface area (TPSA) is 173 Å². The molecule has 0 bridgehead atoms. The normalized spacial score (nSPS) is 10.8. The number of nitrogens with one attached hydrogen (secondary N) is 3. The third-order valence-corrected chi connectivity index (χ3v) is 7.53. The van der Waals surface area contributed by atoms with Gasteiger partial charge in [-0.25, -0.2) is 4.79 Å². The highest BCUT2D eigenvalue weighted by molar-refractivity contribution is 8.00. The van der Waals surface area contributed by atoms with Gasteiger partial charge >= 0.3 is 5.97 Å². The predicted molar refractivity (Wildman–Crippen MR) is 177 cm³/mol. The van der Waals surface area contributed by atoms with Crippen LogP contribution in [0.25, 0.3) is 6.08 Å². The van der Waals surface area contributed by atoms with E-state index in [1.165, 1.54) is 57.4 Å². The molecule has 0 saturated carbocycles. The second-order valence-corrected chi connectivity index (χ2v) is 10.7. The number of amides is 3. The largest absolute Gasteiger partial charge is 0.507 e. The minimum Gasteiger partial charge on any atom is -0.507 e. The molecule has 0 fully saturated rings. The molecule has 4 rings (SSSR count). The Hall–Kier alpha value is -5.95. The molecule has 12 nitrogen and oxygen atoms in total. The summed E-state index contributed by atoms with van der Waals surface area (Å²) < 4.78 is 16.2.